The van der Waals surface area contributed by atoms with Crippen LogP contribution in [0.2, 0.25) is 0 Å². The molecule has 2 aromatic carbocycles. The Kier molecular flexibility index (Phi) is 7.79. The lowest BCUT2D eigenvalue weighted by Gasteiger charge is -2.30. The number of aryl methyl sites for hydroxylation is 2. The Bertz CT molecular complexity index is 1420. The number of nitrogens with one attached hydrogen (secondary N) is 1. The van der Waals surface area contributed by atoms with Crippen LogP contribution in [0.25, 0.3) is 12.2 Å². The zero-order valence-electron chi connectivity index (χ0n) is 21.4. The molecule has 1 aliphatic rings. The summed E-state index contributed by atoms with van der Waals surface area (Å²) < 4.78 is 47.6. The number of aromatic nitrogens is 1. The minimum atomic E-state index is -3.93. The third-order valence-electron chi connectivity index (χ3n) is 6.53. The lowest BCUT2D eigenvalue weighted by atomic mass is 9.97. The van der Waals surface area contributed by atoms with Gasteiger partial charge in [0.25, 0.3) is 0 Å². The van der Waals surface area contributed by atoms with E-state index < -0.39 is 15.8 Å². The number of rotatable bonds is 7. The summed E-state index contributed by atoms with van der Waals surface area (Å²) in [6.45, 7) is 3.95. The number of halogens is 1. The zero-order chi connectivity index (χ0) is 26.7. The molecule has 1 N–H and O–H groups in total. The quantitative estimate of drug-likeness (QED) is 0.479. The first-order valence-electron chi connectivity index (χ1n) is 12.1. The zero-order valence-corrected chi connectivity index (χ0v) is 22.2. The molecule has 1 amide bonds. The number of nitrogens with zero attached hydrogens (tertiary/aromatic N) is 3. The van der Waals surface area contributed by atoms with Gasteiger partial charge in [-0.15, -0.1) is 0 Å². The van der Waals surface area contributed by atoms with Crippen molar-refractivity contribution in [1.82, 2.24) is 9.46 Å². The average Bonchev–Trinajstić information content (AvgIpc) is 3.25. The first kappa shape index (κ1) is 26.6. The van der Waals surface area contributed by atoms with Crippen molar-refractivity contribution in [3.05, 3.63) is 70.9 Å². The molecule has 0 spiro atoms. The molecule has 1 saturated heterocycles. The Balaban J connectivity index is 1.44. The van der Waals surface area contributed by atoms with E-state index in [2.05, 4.69) is 10.5 Å². The minimum Gasteiger partial charge on any atom is -0.377 e. The van der Waals surface area contributed by atoms with E-state index in [1.54, 1.807) is 25.1 Å². The molecule has 10 heteroatoms. The van der Waals surface area contributed by atoms with Gasteiger partial charge in [-0.3, -0.25) is 4.79 Å². The molecule has 4 rings (SSSR count). The van der Waals surface area contributed by atoms with Crippen molar-refractivity contribution in [1.29, 1.82) is 0 Å². The highest BCUT2D eigenvalue weighted by atomic mass is 32.2. The maximum Gasteiger partial charge on any atom is 0.248 e. The molecule has 0 bridgehead atoms. The van der Waals surface area contributed by atoms with Gasteiger partial charge >= 0.3 is 0 Å². The van der Waals surface area contributed by atoms with Crippen LogP contribution in [0.1, 0.15) is 35.4 Å². The lowest BCUT2D eigenvalue weighted by molar-refractivity contribution is -0.120. The topological polar surface area (TPSA) is 95.8 Å². The lowest BCUT2D eigenvalue weighted by Crippen LogP contribution is -2.41. The van der Waals surface area contributed by atoms with Crippen LogP contribution in [-0.4, -0.2) is 51.0 Å². The summed E-state index contributed by atoms with van der Waals surface area (Å²) in [7, 11) is -0.0337. The molecule has 37 heavy (non-hydrogen) atoms. The maximum atomic E-state index is 14.0. The molecule has 0 radical (unpaired) electrons. The van der Waals surface area contributed by atoms with Crippen molar-refractivity contribution in [2.75, 3.05) is 37.4 Å². The Morgan fingerprint density at radius 1 is 1.14 bits per heavy atom. The fraction of sp³-hybridized carbons (Fsp3) is 0.333. The monoisotopic (exact) mass is 526 g/mol. The highest BCUT2D eigenvalue weighted by Gasteiger charge is 2.36. The first-order valence-corrected chi connectivity index (χ1v) is 13.5. The van der Waals surface area contributed by atoms with Gasteiger partial charge in [0.05, 0.1) is 0 Å². The number of hydrogen-bond donors (Lipinski definition) is 1. The van der Waals surface area contributed by atoms with Gasteiger partial charge in [0.1, 0.15) is 11.5 Å². The number of benzene rings is 2. The maximum absolute atomic E-state index is 14.0. The molecule has 0 atom stereocenters. The fourth-order valence-electron chi connectivity index (χ4n) is 4.48. The smallest absolute Gasteiger partial charge is 0.248 e. The highest BCUT2D eigenvalue weighted by Crippen LogP contribution is 2.30. The Hall–Kier alpha value is -3.50. The van der Waals surface area contributed by atoms with E-state index in [-0.39, 0.29) is 41.3 Å². The number of sulfonamides is 1. The minimum absolute atomic E-state index is 0.0386. The Morgan fingerprint density at radius 2 is 1.84 bits per heavy atom. The van der Waals surface area contributed by atoms with Crippen LogP contribution >= 0.6 is 0 Å². The van der Waals surface area contributed by atoms with Gasteiger partial charge in [-0.1, -0.05) is 29.4 Å². The molecule has 1 aromatic heterocycles. The largest absolute Gasteiger partial charge is 0.377 e. The van der Waals surface area contributed by atoms with E-state index >= 15 is 0 Å². The van der Waals surface area contributed by atoms with Crippen molar-refractivity contribution in [3.63, 3.8) is 0 Å². The molecule has 0 aliphatic carbocycles. The first-order chi connectivity index (χ1) is 17.6. The van der Waals surface area contributed by atoms with Gasteiger partial charge in [-0.05, 0) is 62.6 Å². The second-order valence-corrected chi connectivity index (χ2v) is 11.3. The van der Waals surface area contributed by atoms with Crippen LogP contribution in [0.15, 0.2) is 51.9 Å². The summed E-state index contributed by atoms with van der Waals surface area (Å²) in [4.78, 5) is 14.9. The normalized spacial score (nSPS) is 15.3. The van der Waals surface area contributed by atoms with E-state index in [1.807, 2.05) is 44.1 Å². The Labute approximate surface area is 216 Å². The summed E-state index contributed by atoms with van der Waals surface area (Å²) in [5.41, 5.74) is 3.36. The van der Waals surface area contributed by atoms with E-state index in [4.69, 9.17) is 4.52 Å². The SMILES string of the molecule is Cc1ccc(NC(=O)C2CCN(S(=O)(=O)c3c(C)noc3/C=C/c3ccccc3F)CC2)cc1N(C)C. The summed E-state index contributed by atoms with van der Waals surface area (Å²) >= 11 is 0. The van der Waals surface area contributed by atoms with Crippen molar-refractivity contribution in [2.45, 2.75) is 31.6 Å². The Morgan fingerprint density at radius 3 is 2.51 bits per heavy atom. The van der Waals surface area contributed by atoms with Crippen LogP contribution < -0.4 is 10.2 Å². The third-order valence-corrected chi connectivity index (χ3v) is 8.59. The molecular weight excluding hydrogens is 495 g/mol. The summed E-state index contributed by atoms with van der Waals surface area (Å²) in [5, 5.41) is 6.81. The standard InChI is InChI=1S/C27H31FN4O4S/c1-18-9-11-22(17-24(18)31(3)4)29-27(33)21-13-15-32(16-14-21)37(34,35)26-19(2)30-36-25(26)12-10-20-7-5-6-8-23(20)28/h5-12,17,21H,13-16H2,1-4H3,(H,29,33)/b12-10+. The molecule has 8 nitrogen and oxygen atoms in total. The predicted octanol–water partition coefficient (Wildman–Crippen LogP) is 4.71. The molecule has 1 fully saturated rings. The number of amides is 1. The number of carbonyl (C=O) groups excluding carboxylic acids is 1. The van der Waals surface area contributed by atoms with Crippen LogP contribution in [-0.2, 0) is 14.8 Å². The summed E-state index contributed by atoms with van der Waals surface area (Å²) in [5.74, 6) is -0.820. The summed E-state index contributed by atoms with van der Waals surface area (Å²) in [6.07, 6.45) is 3.65. The van der Waals surface area contributed by atoms with E-state index in [1.165, 1.54) is 22.5 Å². The van der Waals surface area contributed by atoms with Crippen LogP contribution in [0, 0.1) is 25.6 Å². The van der Waals surface area contributed by atoms with Crippen molar-refractivity contribution in [2.24, 2.45) is 5.92 Å². The van der Waals surface area contributed by atoms with Crippen LogP contribution in [0.4, 0.5) is 15.8 Å². The molecule has 3 aromatic rings. The van der Waals surface area contributed by atoms with Gasteiger partial charge in [0, 0.05) is 50.0 Å². The van der Waals surface area contributed by atoms with Crippen LogP contribution in [0.3, 0.4) is 0 Å². The number of carbonyl (C=O) groups is 1. The number of anilines is 2. The number of hydrogen-bond acceptors (Lipinski definition) is 6. The van der Waals surface area contributed by atoms with E-state index in [0.717, 1.165) is 11.3 Å². The van der Waals surface area contributed by atoms with Crippen molar-refractivity contribution in [3.8, 4) is 0 Å². The highest BCUT2D eigenvalue weighted by molar-refractivity contribution is 7.89. The van der Waals surface area contributed by atoms with Gasteiger partial charge in [0.2, 0.25) is 15.9 Å². The molecule has 196 valence electrons. The van der Waals surface area contributed by atoms with Crippen molar-refractivity contribution < 1.29 is 22.1 Å². The second-order valence-electron chi connectivity index (χ2n) is 9.38. The van der Waals surface area contributed by atoms with Crippen molar-refractivity contribution >= 4 is 39.5 Å². The van der Waals surface area contributed by atoms with E-state index in [0.29, 0.717) is 24.1 Å². The van der Waals surface area contributed by atoms with Gasteiger partial charge in [-0.25, -0.2) is 12.8 Å². The molecular formula is C27H31FN4O4S. The fourth-order valence-corrected chi connectivity index (χ4v) is 6.20. The van der Waals surface area contributed by atoms with Gasteiger partial charge < -0.3 is 14.7 Å². The van der Waals surface area contributed by atoms with Gasteiger partial charge in [0.15, 0.2) is 10.7 Å². The summed E-state index contributed by atoms with van der Waals surface area (Å²) in [6, 6.07) is 11.9. The van der Waals surface area contributed by atoms with Crippen LogP contribution in [0.5, 0.6) is 0 Å². The molecule has 2 heterocycles. The third kappa shape index (κ3) is 5.75. The molecule has 1 aliphatic heterocycles. The predicted molar refractivity (Wildman–Crippen MR) is 142 cm³/mol. The second kappa shape index (κ2) is 10.9. The molecule has 0 unspecified atom stereocenters. The van der Waals surface area contributed by atoms with E-state index in [9.17, 15) is 17.6 Å². The molecule has 0 saturated carbocycles. The number of piperidine rings is 1. The van der Waals surface area contributed by atoms with Gasteiger partial charge in [-0.2, -0.15) is 4.31 Å². The average molecular weight is 527 g/mol.